The molecule has 1 N–H and O–H groups in total. The van der Waals surface area contributed by atoms with Crippen molar-refractivity contribution in [3.05, 3.63) is 71.3 Å². The Hall–Kier alpha value is -2.82. The Morgan fingerprint density at radius 2 is 1.68 bits per heavy atom. The van der Waals surface area contributed by atoms with E-state index >= 15 is 0 Å². The molecule has 2 heterocycles. The Bertz CT molecular complexity index is 1080. The number of nitrogens with one attached hydrogen (secondary N) is 1. The molecule has 3 aromatic rings. The fourth-order valence-corrected chi connectivity index (χ4v) is 4.03. The Morgan fingerprint density at radius 1 is 1.03 bits per heavy atom. The van der Waals surface area contributed by atoms with Gasteiger partial charge in [-0.05, 0) is 48.7 Å². The van der Waals surface area contributed by atoms with E-state index in [0.717, 1.165) is 54.2 Å². The van der Waals surface area contributed by atoms with E-state index in [0.29, 0.717) is 19.0 Å². The standard InChI is InChI=1S/C25H32N6O2.HI/c1-18-28-29-24(30(18)2)16-27-25(26-15-19-5-9-22(32-3)10-6-19)31-14-13-21(17-31)20-7-11-23(33-4)12-8-20;/h5-12,21H,13-17H2,1-4H3,(H,26,27);1H. The van der Waals surface area contributed by atoms with E-state index in [9.17, 15) is 0 Å². The van der Waals surface area contributed by atoms with Gasteiger partial charge in [0.05, 0.1) is 27.3 Å². The number of likely N-dealkylation sites (tertiary alicyclic amines) is 1. The van der Waals surface area contributed by atoms with Crippen molar-refractivity contribution in [3.8, 4) is 11.5 Å². The predicted octanol–water partition coefficient (Wildman–Crippen LogP) is 3.89. The molecular formula is C25H33IN6O2. The number of rotatable bonds is 7. The van der Waals surface area contributed by atoms with Crippen LogP contribution in [-0.4, -0.2) is 52.9 Å². The molecular weight excluding hydrogens is 543 g/mol. The fraction of sp³-hybridized carbons (Fsp3) is 0.400. The van der Waals surface area contributed by atoms with Gasteiger partial charge in [0.15, 0.2) is 11.8 Å². The summed E-state index contributed by atoms with van der Waals surface area (Å²) in [5.41, 5.74) is 2.47. The average molecular weight is 576 g/mol. The van der Waals surface area contributed by atoms with Gasteiger partial charge in [-0.1, -0.05) is 24.3 Å². The van der Waals surface area contributed by atoms with Crippen LogP contribution in [0.4, 0.5) is 0 Å². The topological polar surface area (TPSA) is 76.8 Å². The Morgan fingerprint density at radius 3 is 2.26 bits per heavy atom. The van der Waals surface area contributed by atoms with Crippen LogP contribution < -0.4 is 14.8 Å². The van der Waals surface area contributed by atoms with E-state index in [1.54, 1.807) is 14.2 Å². The number of hydrogen-bond acceptors (Lipinski definition) is 5. The van der Waals surface area contributed by atoms with Crippen molar-refractivity contribution < 1.29 is 9.47 Å². The minimum absolute atomic E-state index is 0. The first-order valence-electron chi connectivity index (χ1n) is 11.2. The highest BCUT2D eigenvalue weighted by molar-refractivity contribution is 14.0. The molecule has 1 fully saturated rings. The van der Waals surface area contributed by atoms with Crippen LogP contribution in [-0.2, 0) is 20.1 Å². The second-order valence-corrected chi connectivity index (χ2v) is 8.27. The van der Waals surface area contributed by atoms with Crippen molar-refractivity contribution in [2.75, 3.05) is 27.3 Å². The van der Waals surface area contributed by atoms with Crippen LogP contribution in [0.2, 0.25) is 0 Å². The molecule has 0 bridgehead atoms. The summed E-state index contributed by atoms with van der Waals surface area (Å²) >= 11 is 0. The van der Waals surface area contributed by atoms with Gasteiger partial charge in [-0.3, -0.25) is 0 Å². The van der Waals surface area contributed by atoms with Crippen LogP contribution in [0.3, 0.4) is 0 Å². The van der Waals surface area contributed by atoms with Crippen LogP contribution in [0, 0.1) is 6.92 Å². The third kappa shape index (κ3) is 6.19. The monoisotopic (exact) mass is 576 g/mol. The van der Waals surface area contributed by atoms with Gasteiger partial charge in [0.1, 0.15) is 17.3 Å². The summed E-state index contributed by atoms with van der Waals surface area (Å²) in [5.74, 6) is 4.86. The normalized spacial score (nSPS) is 15.7. The first kappa shape index (κ1) is 25.8. The molecule has 34 heavy (non-hydrogen) atoms. The maximum Gasteiger partial charge on any atom is 0.194 e. The summed E-state index contributed by atoms with van der Waals surface area (Å²) in [6, 6.07) is 16.4. The minimum Gasteiger partial charge on any atom is -0.497 e. The number of guanidine groups is 1. The molecule has 9 heteroatoms. The van der Waals surface area contributed by atoms with Gasteiger partial charge in [-0.25, -0.2) is 4.99 Å². The molecule has 0 amide bonds. The van der Waals surface area contributed by atoms with E-state index in [2.05, 4.69) is 44.7 Å². The average Bonchev–Trinajstić information content (AvgIpc) is 3.47. The molecule has 2 aromatic carbocycles. The highest BCUT2D eigenvalue weighted by Crippen LogP contribution is 2.28. The number of halogens is 1. The van der Waals surface area contributed by atoms with Gasteiger partial charge in [0.2, 0.25) is 0 Å². The van der Waals surface area contributed by atoms with Crippen molar-refractivity contribution in [3.63, 3.8) is 0 Å². The molecule has 1 saturated heterocycles. The smallest absolute Gasteiger partial charge is 0.194 e. The quantitative estimate of drug-likeness (QED) is 0.261. The Kier molecular flexibility index (Phi) is 9.14. The minimum atomic E-state index is 0. The maximum absolute atomic E-state index is 5.30. The van der Waals surface area contributed by atoms with Crippen molar-refractivity contribution in [2.45, 2.75) is 32.4 Å². The number of hydrogen-bond donors (Lipinski definition) is 1. The molecule has 0 radical (unpaired) electrons. The second-order valence-electron chi connectivity index (χ2n) is 8.27. The fourth-order valence-electron chi connectivity index (χ4n) is 4.03. The lowest BCUT2D eigenvalue weighted by Crippen LogP contribution is -2.40. The molecule has 4 rings (SSSR count). The molecule has 1 atom stereocenters. The number of methoxy groups -OCH3 is 2. The number of ether oxygens (including phenoxy) is 2. The van der Waals surface area contributed by atoms with Crippen molar-refractivity contribution in [1.82, 2.24) is 25.0 Å². The van der Waals surface area contributed by atoms with E-state index in [4.69, 9.17) is 14.5 Å². The van der Waals surface area contributed by atoms with Gasteiger partial charge in [0.25, 0.3) is 0 Å². The van der Waals surface area contributed by atoms with E-state index in [1.807, 2.05) is 42.8 Å². The summed E-state index contributed by atoms with van der Waals surface area (Å²) in [6.07, 6.45) is 1.08. The van der Waals surface area contributed by atoms with E-state index < -0.39 is 0 Å². The molecule has 1 aliphatic heterocycles. The first-order valence-corrected chi connectivity index (χ1v) is 11.2. The van der Waals surface area contributed by atoms with Crippen LogP contribution in [0.25, 0.3) is 0 Å². The zero-order valence-corrected chi connectivity index (χ0v) is 22.5. The van der Waals surface area contributed by atoms with Crippen LogP contribution >= 0.6 is 24.0 Å². The second kappa shape index (κ2) is 12.0. The molecule has 0 spiro atoms. The number of aliphatic imine (C=N–C) groups is 1. The van der Waals surface area contributed by atoms with E-state index in [1.165, 1.54) is 5.56 Å². The Labute approximate surface area is 218 Å². The molecule has 1 aromatic heterocycles. The van der Waals surface area contributed by atoms with Crippen LogP contribution in [0.5, 0.6) is 11.5 Å². The van der Waals surface area contributed by atoms with Crippen LogP contribution in [0.15, 0.2) is 53.5 Å². The van der Waals surface area contributed by atoms with Crippen molar-refractivity contribution >= 4 is 29.9 Å². The zero-order valence-electron chi connectivity index (χ0n) is 20.2. The number of nitrogens with zero attached hydrogens (tertiary/aromatic N) is 5. The summed E-state index contributed by atoms with van der Waals surface area (Å²) < 4.78 is 12.6. The summed E-state index contributed by atoms with van der Waals surface area (Å²) in [6.45, 7) is 4.98. The SMILES string of the molecule is COc1ccc(CN=C(NCc2nnc(C)n2C)N2CCC(c3ccc(OC)cc3)C2)cc1.I. The molecule has 1 aliphatic rings. The van der Waals surface area contributed by atoms with Gasteiger partial charge in [-0.15, -0.1) is 34.2 Å². The summed E-state index contributed by atoms with van der Waals surface area (Å²) in [4.78, 5) is 7.29. The largest absolute Gasteiger partial charge is 0.497 e. The van der Waals surface area contributed by atoms with Crippen molar-refractivity contribution in [1.29, 1.82) is 0 Å². The lowest BCUT2D eigenvalue weighted by molar-refractivity contribution is 0.414. The molecule has 182 valence electrons. The van der Waals surface area contributed by atoms with Gasteiger partial charge < -0.3 is 24.3 Å². The highest BCUT2D eigenvalue weighted by atomic mass is 127. The lowest BCUT2D eigenvalue weighted by atomic mass is 9.98. The van der Waals surface area contributed by atoms with Gasteiger partial charge >= 0.3 is 0 Å². The van der Waals surface area contributed by atoms with E-state index in [-0.39, 0.29) is 24.0 Å². The maximum atomic E-state index is 5.30. The highest BCUT2D eigenvalue weighted by Gasteiger charge is 2.26. The summed E-state index contributed by atoms with van der Waals surface area (Å²) in [7, 11) is 5.36. The third-order valence-corrected chi connectivity index (χ3v) is 6.23. The zero-order chi connectivity index (χ0) is 23.2. The lowest BCUT2D eigenvalue weighted by Gasteiger charge is -2.22. The molecule has 0 aliphatic carbocycles. The Balaban J connectivity index is 0.00000324. The number of aromatic nitrogens is 3. The molecule has 1 unspecified atom stereocenters. The predicted molar refractivity (Wildman–Crippen MR) is 144 cm³/mol. The van der Waals surface area contributed by atoms with Crippen molar-refractivity contribution in [2.24, 2.45) is 12.0 Å². The first-order chi connectivity index (χ1) is 16.1. The number of benzene rings is 2. The molecule has 8 nitrogen and oxygen atoms in total. The van der Waals surface area contributed by atoms with Crippen LogP contribution in [0.1, 0.15) is 35.1 Å². The van der Waals surface area contributed by atoms with Gasteiger partial charge in [0, 0.05) is 26.1 Å². The van der Waals surface area contributed by atoms with Gasteiger partial charge in [-0.2, -0.15) is 0 Å². The summed E-state index contributed by atoms with van der Waals surface area (Å²) in [5, 5.41) is 12.0. The third-order valence-electron chi connectivity index (χ3n) is 6.23. The molecule has 0 saturated carbocycles. The number of aryl methyl sites for hydroxylation is 1.